The van der Waals surface area contributed by atoms with E-state index in [-0.39, 0.29) is 12.2 Å². The molecule has 0 aliphatic heterocycles. The van der Waals surface area contributed by atoms with Crippen molar-refractivity contribution in [3.8, 4) is 0 Å². The summed E-state index contributed by atoms with van der Waals surface area (Å²) in [5.74, 6) is 1.17. The molecule has 1 aromatic rings. The van der Waals surface area contributed by atoms with E-state index in [1.165, 1.54) is 0 Å². The Balaban J connectivity index is 2.38. The third-order valence-electron chi connectivity index (χ3n) is 2.00. The lowest BCUT2D eigenvalue weighted by molar-refractivity contribution is -0.118. The average Bonchev–Trinajstić information content (AvgIpc) is 2.66. The van der Waals surface area contributed by atoms with Gasteiger partial charge in [0.25, 0.3) is 0 Å². The molecule has 0 radical (unpaired) electrons. The Morgan fingerprint density at radius 2 is 2.33 bits per heavy atom. The summed E-state index contributed by atoms with van der Waals surface area (Å²) in [7, 11) is 1.65. The van der Waals surface area contributed by atoms with Crippen LogP contribution in [-0.4, -0.2) is 29.6 Å². The van der Waals surface area contributed by atoms with Gasteiger partial charge >= 0.3 is 0 Å². The number of Topliss-reactive ketones (excluding diaryl/α,β-unsaturated/α-hetero) is 1. The summed E-state index contributed by atoms with van der Waals surface area (Å²) in [6, 6.07) is 0. The number of aromatic nitrogens is 2. The normalized spacial score (nSPS) is 10.5. The molecule has 0 amide bonds. The molecule has 1 heterocycles. The van der Waals surface area contributed by atoms with Crippen molar-refractivity contribution in [3.63, 3.8) is 0 Å². The topological polar surface area (TPSA) is 65.2 Å². The smallest absolute Gasteiger partial charge is 0.234 e. The molecule has 0 spiro atoms. The molecule has 5 nitrogen and oxygen atoms in total. The van der Waals surface area contributed by atoms with Crippen molar-refractivity contribution in [2.75, 3.05) is 13.7 Å². The Kier molecular flexibility index (Phi) is 4.97. The molecule has 1 aromatic heterocycles. The monoisotopic (exact) mass is 212 g/mol. The minimum Gasteiger partial charge on any atom is -0.385 e. The van der Waals surface area contributed by atoms with Crippen molar-refractivity contribution >= 4 is 5.78 Å². The summed E-state index contributed by atoms with van der Waals surface area (Å²) in [5, 5.41) is 3.78. The molecule has 0 bridgehead atoms. The standard InChI is InChI=1S/C10H16N2O3/c1-3-8(13)7-10-11-9(12-15-10)5-4-6-14-2/h3-7H2,1-2H3. The molecule has 0 N–H and O–H groups in total. The highest BCUT2D eigenvalue weighted by molar-refractivity contribution is 5.79. The van der Waals surface area contributed by atoms with Crippen molar-refractivity contribution < 1.29 is 14.1 Å². The summed E-state index contributed by atoms with van der Waals surface area (Å²) in [5.41, 5.74) is 0. The molecule has 5 heteroatoms. The van der Waals surface area contributed by atoms with Crippen LogP contribution in [0.4, 0.5) is 0 Å². The SMILES string of the molecule is CCC(=O)Cc1nc(CCCOC)no1. The Labute approximate surface area is 88.8 Å². The van der Waals surface area contributed by atoms with Crippen LogP contribution in [0.2, 0.25) is 0 Å². The number of nitrogens with zero attached hydrogens (tertiary/aromatic N) is 2. The van der Waals surface area contributed by atoms with Crippen LogP contribution in [0.25, 0.3) is 0 Å². The van der Waals surface area contributed by atoms with E-state index in [0.29, 0.717) is 24.7 Å². The van der Waals surface area contributed by atoms with Crippen LogP contribution in [-0.2, 0) is 22.4 Å². The van der Waals surface area contributed by atoms with Gasteiger partial charge in [0.15, 0.2) is 5.82 Å². The Morgan fingerprint density at radius 1 is 1.53 bits per heavy atom. The number of hydrogen-bond donors (Lipinski definition) is 0. The molecular formula is C10H16N2O3. The molecule has 0 saturated carbocycles. The molecule has 0 atom stereocenters. The zero-order valence-electron chi connectivity index (χ0n) is 9.15. The van der Waals surface area contributed by atoms with Crippen LogP contribution in [0.3, 0.4) is 0 Å². The predicted molar refractivity (Wildman–Crippen MR) is 53.5 cm³/mol. The van der Waals surface area contributed by atoms with Crippen LogP contribution in [0.15, 0.2) is 4.52 Å². The largest absolute Gasteiger partial charge is 0.385 e. The number of carbonyl (C=O) groups is 1. The lowest BCUT2D eigenvalue weighted by atomic mass is 10.2. The van der Waals surface area contributed by atoms with Crippen LogP contribution in [0.1, 0.15) is 31.5 Å². The van der Waals surface area contributed by atoms with Crippen LogP contribution in [0.5, 0.6) is 0 Å². The van der Waals surface area contributed by atoms with Crippen LogP contribution >= 0.6 is 0 Å². The van der Waals surface area contributed by atoms with Crippen molar-refractivity contribution in [1.29, 1.82) is 0 Å². The number of hydrogen-bond acceptors (Lipinski definition) is 5. The second-order valence-electron chi connectivity index (χ2n) is 3.27. The summed E-state index contributed by atoms with van der Waals surface area (Å²) in [6.45, 7) is 2.50. The van der Waals surface area contributed by atoms with E-state index in [2.05, 4.69) is 10.1 Å². The molecule has 0 fully saturated rings. The fraction of sp³-hybridized carbons (Fsp3) is 0.700. The molecule has 84 valence electrons. The van der Waals surface area contributed by atoms with Gasteiger partial charge in [-0.2, -0.15) is 4.98 Å². The van der Waals surface area contributed by atoms with Gasteiger partial charge in [0.1, 0.15) is 5.78 Å². The van der Waals surface area contributed by atoms with Gasteiger partial charge in [-0.05, 0) is 6.42 Å². The Hall–Kier alpha value is -1.23. The minimum atomic E-state index is 0.113. The van der Waals surface area contributed by atoms with Crippen LogP contribution < -0.4 is 0 Å². The van der Waals surface area contributed by atoms with Crippen molar-refractivity contribution in [1.82, 2.24) is 10.1 Å². The van der Waals surface area contributed by atoms with Crippen molar-refractivity contribution in [2.24, 2.45) is 0 Å². The van der Waals surface area contributed by atoms with Gasteiger partial charge in [0.05, 0.1) is 6.42 Å². The molecule has 1 rings (SSSR count). The number of ketones is 1. The van der Waals surface area contributed by atoms with Gasteiger partial charge in [-0.1, -0.05) is 12.1 Å². The van der Waals surface area contributed by atoms with E-state index >= 15 is 0 Å². The maximum atomic E-state index is 11.1. The van der Waals surface area contributed by atoms with Gasteiger partial charge in [-0.3, -0.25) is 4.79 Å². The summed E-state index contributed by atoms with van der Waals surface area (Å²) < 4.78 is 9.86. The molecule has 0 aliphatic rings. The van der Waals surface area contributed by atoms with Crippen molar-refractivity contribution in [3.05, 3.63) is 11.7 Å². The summed E-state index contributed by atoms with van der Waals surface area (Å²) in [4.78, 5) is 15.2. The summed E-state index contributed by atoms with van der Waals surface area (Å²) >= 11 is 0. The quantitative estimate of drug-likeness (QED) is 0.635. The maximum Gasteiger partial charge on any atom is 0.234 e. The molecular weight excluding hydrogens is 196 g/mol. The van der Waals surface area contributed by atoms with Gasteiger partial charge in [-0.25, -0.2) is 0 Å². The number of carbonyl (C=O) groups excluding carboxylic acids is 1. The van der Waals surface area contributed by atoms with E-state index in [4.69, 9.17) is 9.26 Å². The van der Waals surface area contributed by atoms with E-state index in [1.807, 2.05) is 6.92 Å². The Bertz CT molecular complexity index is 309. The predicted octanol–water partition coefficient (Wildman–Crippen LogP) is 1.17. The van der Waals surface area contributed by atoms with Crippen molar-refractivity contribution in [2.45, 2.75) is 32.6 Å². The first-order valence-corrected chi connectivity index (χ1v) is 5.08. The zero-order chi connectivity index (χ0) is 11.1. The molecule has 0 saturated heterocycles. The molecule has 0 unspecified atom stereocenters. The second kappa shape index (κ2) is 6.29. The fourth-order valence-corrected chi connectivity index (χ4v) is 1.13. The summed E-state index contributed by atoms with van der Waals surface area (Å²) in [6.07, 6.45) is 2.32. The van der Waals surface area contributed by atoms with Gasteiger partial charge in [0, 0.05) is 26.6 Å². The van der Waals surface area contributed by atoms with Gasteiger partial charge in [0.2, 0.25) is 5.89 Å². The van der Waals surface area contributed by atoms with E-state index in [9.17, 15) is 4.79 Å². The maximum absolute atomic E-state index is 11.1. The molecule has 15 heavy (non-hydrogen) atoms. The number of methoxy groups -OCH3 is 1. The lowest BCUT2D eigenvalue weighted by Crippen LogP contribution is -2.01. The highest BCUT2D eigenvalue weighted by Gasteiger charge is 2.09. The van der Waals surface area contributed by atoms with E-state index in [1.54, 1.807) is 7.11 Å². The molecule has 0 aliphatic carbocycles. The minimum absolute atomic E-state index is 0.113. The first-order chi connectivity index (χ1) is 7.26. The Morgan fingerprint density at radius 3 is 3.00 bits per heavy atom. The number of rotatable bonds is 7. The first kappa shape index (κ1) is 11.8. The van der Waals surface area contributed by atoms with E-state index < -0.39 is 0 Å². The third-order valence-corrected chi connectivity index (χ3v) is 2.00. The first-order valence-electron chi connectivity index (χ1n) is 5.08. The highest BCUT2D eigenvalue weighted by Crippen LogP contribution is 2.02. The third kappa shape index (κ3) is 4.20. The second-order valence-corrected chi connectivity index (χ2v) is 3.27. The number of ether oxygens (including phenoxy) is 1. The zero-order valence-corrected chi connectivity index (χ0v) is 9.15. The van der Waals surface area contributed by atoms with E-state index in [0.717, 1.165) is 12.8 Å². The van der Waals surface area contributed by atoms with Gasteiger partial charge in [-0.15, -0.1) is 0 Å². The fourth-order valence-electron chi connectivity index (χ4n) is 1.13. The molecule has 0 aromatic carbocycles. The van der Waals surface area contributed by atoms with Gasteiger partial charge < -0.3 is 9.26 Å². The average molecular weight is 212 g/mol. The lowest BCUT2D eigenvalue weighted by Gasteiger charge is -1.93. The van der Waals surface area contributed by atoms with Crippen LogP contribution in [0, 0.1) is 0 Å². The number of aryl methyl sites for hydroxylation is 1. The highest BCUT2D eigenvalue weighted by atomic mass is 16.5.